The van der Waals surface area contributed by atoms with Crippen molar-refractivity contribution in [2.45, 2.75) is 33.3 Å². The van der Waals surface area contributed by atoms with Gasteiger partial charge in [0.2, 0.25) is 5.75 Å². The fourth-order valence-corrected chi connectivity index (χ4v) is 4.15. The number of aromatic hydroxyl groups is 1. The van der Waals surface area contributed by atoms with Gasteiger partial charge in [-0.05, 0) is 38.0 Å². The number of phenolic OH excluding ortho intramolecular Hbond substituents is 1. The summed E-state index contributed by atoms with van der Waals surface area (Å²) in [6.07, 6.45) is 1.82. The molecule has 0 spiro atoms. The Hall–Kier alpha value is -3.77. The molecule has 0 atom stereocenters. The van der Waals surface area contributed by atoms with Gasteiger partial charge in [0.05, 0.1) is 6.61 Å². The van der Waals surface area contributed by atoms with E-state index in [1.807, 2.05) is 60.7 Å². The van der Waals surface area contributed by atoms with Crippen LogP contribution >= 0.6 is 0 Å². The lowest BCUT2D eigenvalue weighted by Gasteiger charge is -2.18. The number of nitrogens with zero attached hydrogens (tertiary/aromatic N) is 1. The number of ether oxygens (including phenoxy) is 2. The highest BCUT2D eigenvalue weighted by molar-refractivity contribution is 5.91. The van der Waals surface area contributed by atoms with E-state index in [9.17, 15) is 9.90 Å². The molecular weight excluding hydrogens is 454 g/mol. The van der Waals surface area contributed by atoms with Crippen LogP contribution in [0.5, 0.6) is 17.2 Å². The third kappa shape index (κ3) is 6.07. The summed E-state index contributed by atoms with van der Waals surface area (Å²) < 4.78 is 18.5. The lowest BCUT2D eigenvalue weighted by Crippen LogP contribution is -2.24. The van der Waals surface area contributed by atoms with E-state index in [1.54, 1.807) is 0 Å². The van der Waals surface area contributed by atoms with Crippen LogP contribution in [0.25, 0.3) is 22.3 Å². The van der Waals surface area contributed by atoms with Crippen LogP contribution in [0.15, 0.2) is 82.0 Å². The number of rotatable bonds is 12. The Bertz CT molecular complexity index is 1310. The molecule has 4 aromatic rings. The molecule has 0 unspecified atom stereocenters. The van der Waals surface area contributed by atoms with Crippen LogP contribution < -0.4 is 14.9 Å². The minimum absolute atomic E-state index is 0.0832. The van der Waals surface area contributed by atoms with Gasteiger partial charge in [-0.25, -0.2) is 0 Å². The normalized spacial score (nSPS) is 11.2. The molecule has 4 rings (SSSR count). The molecule has 0 radical (unpaired) electrons. The van der Waals surface area contributed by atoms with E-state index in [0.29, 0.717) is 23.9 Å². The first kappa shape index (κ1) is 25.3. The molecule has 0 saturated carbocycles. The van der Waals surface area contributed by atoms with E-state index in [0.717, 1.165) is 43.6 Å². The predicted octanol–water partition coefficient (Wildman–Crippen LogP) is 6.25. The van der Waals surface area contributed by atoms with Crippen LogP contribution in [-0.2, 0) is 6.61 Å². The number of phenols is 1. The first-order valence-corrected chi connectivity index (χ1v) is 12.5. The Kier molecular flexibility index (Phi) is 8.63. The van der Waals surface area contributed by atoms with Gasteiger partial charge in [-0.3, -0.25) is 4.79 Å². The number of hydrogen-bond acceptors (Lipinski definition) is 6. The highest BCUT2D eigenvalue weighted by Gasteiger charge is 2.21. The maximum atomic E-state index is 13.0. The number of unbranched alkanes of at least 4 members (excludes halogenated alkanes) is 1. The van der Waals surface area contributed by atoms with E-state index < -0.39 is 0 Å². The number of fused-ring (bicyclic) bond motifs is 1. The zero-order valence-electron chi connectivity index (χ0n) is 20.9. The molecule has 6 heteroatoms. The second-order valence-corrected chi connectivity index (χ2v) is 8.62. The van der Waals surface area contributed by atoms with Crippen LogP contribution in [0.4, 0.5) is 0 Å². The molecule has 36 heavy (non-hydrogen) atoms. The van der Waals surface area contributed by atoms with E-state index >= 15 is 0 Å². The van der Waals surface area contributed by atoms with Crippen molar-refractivity contribution in [1.29, 1.82) is 0 Å². The zero-order valence-corrected chi connectivity index (χ0v) is 20.9. The maximum absolute atomic E-state index is 13.0. The van der Waals surface area contributed by atoms with Crippen molar-refractivity contribution < 1.29 is 19.0 Å². The highest BCUT2D eigenvalue weighted by atomic mass is 16.5. The molecule has 0 aliphatic rings. The summed E-state index contributed by atoms with van der Waals surface area (Å²) in [7, 11) is 0. The van der Waals surface area contributed by atoms with Crippen molar-refractivity contribution in [3.63, 3.8) is 0 Å². The van der Waals surface area contributed by atoms with Crippen molar-refractivity contribution in [3.05, 3.63) is 88.6 Å². The van der Waals surface area contributed by atoms with Crippen molar-refractivity contribution in [2.75, 3.05) is 26.2 Å². The van der Waals surface area contributed by atoms with Crippen molar-refractivity contribution in [1.82, 2.24) is 4.90 Å². The summed E-state index contributed by atoms with van der Waals surface area (Å²) in [6.45, 7) is 8.07. The average Bonchev–Trinajstić information content (AvgIpc) is 2.91. The number of benzene rings is 3. The SMILES string of the molecule is CCN(CC)CCCCOc1c(OCc2ccccc2)cc(O)c2c(=O)cc(-c3ccccc3)oc12. The van der Waals surface area contributed by atoms with Crippen LogP contribution in [-0.4, -0.2) is 36.2 Å². The third-order valence-electron chi connectivity index (χ3n) is 6.21. The highest BCUT2D eigenvalue weighted by Crippen LogP contribution is 2.41. The van der Waals surface area contributed by atoms with Gasteiger partial charge in [0.1, 0.15) is 23.5 Å². The molecule has 3 aromatic carbocycles. The quantitative estimate of drug-likeness (QED) is 0.238. The van der Waals surface area contributed by atoms with E-state index in [2.05, 4.69) is 18.7 Å². The van der Waals surface area contributed by atoms with Gasteiger partial charge in [0.15, 0.2) is 16.8 Å². The summed E-state index contributed by atoms with van der Waals surface area (Å²) in [4.78, 5) is 15.4. The fraction of sp³-hybridized carbons (Fsp3) is 0.300. The van der Waals surface area contributed by atoms with E-state index in [4.69, 9.17) is 13.9 Å². The monoisotopic (exact) mass is 487 g/mol. The molecule has 0 aliphatic heterocycles. The zero-order chi connectivity index (χ0) is 25.3. The second-order valence-electron chi connectivity index (χ2n) is 8.62. The Morgan fingerprint density at radius 2 is 1.58 bits per heavy atom. The lowest BCUT2D eigenvalue weighted by atomic mass is 10.1. The molecule has 1 aromatic heterocycles. The second kappa shape index (κ2) is 12.3. The first-order valence-electron chi connectivity index (χ1n) is 12.5. The Morgan fingerprint density at radius 3 is 2.28 bits per heavy atom. The van der Waals surface area contributed by atoms with Gasteiger partial charge in [-0.1, -0.05) is 74.5 Å². The van der Waals surface area contributed by atoms with Gasteiger partial charge < -0.3 is 23.9 Å². The predicted molar refractivity (Wildman–Crippen MR) is 143 cm³/mol. The van der Waals surface area contributed by atoms with Crippen molar-refractivity contribution >= 4 is 11.0 Å². The average molecular weight is 488 g/mol. The lowest BCUT2D eigenvalue weighted by molar-refractivity contribution is 0.245. The molecular formula is C30H33NO5. The smallest absolute Gasteiger partial charge is 0.205 e. The molecule has 1 heterocycles. The Balaban J connectivity index is 1.68. The maximum Gasteiger partial charge on any atom is 0.205 e. The molecule has 0 aliphatic carbocycles. The molecule has 188 valence electrons. The first-order chi connectivity index (χ1) is 17.6. The summed E-state index contributed by atoms with van der Waals surface area (Å²) in [5, 5.41) is 10.8. The van der Waals surface area contributed by atoms with Crippen molar-refractivity contribution in [3.8, 4) is 28.6 Å². The fourth-order valence-electron chi connectivity index (χ4n) is 4.15. The van der Waals surface area contributed by atoms with Gasteiger partial charge >= 0.3 is 0 Å². The summed E-state index contributed by atoms with van der Waals surface area (Å²) >= 11 is 0. The molecule has 0 saturated heterocycles. The van der Waals surface area contributed by atoms with Gasteiger partial charge in [0.25, 0.3) is 0 Å². The van der Waals surface area contributed by atoms with Gasteiger partial charge in [-0.15, -0.1) is 0 Å². The van der Waals surface area contributed by atoms with Crippen LogP contribution in [0.2, 0.25) is 0 Å². The Morgan fingerprint density at radius 1 is 0.889 bits per heavy atom. The largest absolute Gasteiger partial charge is 0.507 e. The van der Waals surface area contributed by atoms with Gasteiger partial charge in [0, 0.05) is 17.7 Å². The minimum Gasteiger partial charge on any atom is -0.507 e. The van der Waals surface area contributed by atoms with Gasteiger partial charge in [-0.2, -0.15) is 0 Å². The van der Waals surface area contributed by atoms with Crippen molar-refractivity contribution in [2.24, 2.45) is 0 Å². The molecule has 6 nitrogen and oxygen atoms in total. The summed E-state index contributed by atoms with van der Waals surface area (Å²) in [5.74, 6) is 0.867. The summed E-state index contributed by atoms with van der Waals surface area (Å²) in [5.41, 5.74) is 1.58. The van der Waals surface area contributed by atoms with Crippen LogP contribution in [0.1, 0.15) is 32.3 Å². The molecule has 0 fully saturated rings. The Labute approximate surface area is 211 Å². The summed E-state index contributed by atoms with van der Waals surface area (Å²) in [6, 6.07) is 22.0. The van der Waals surface area contributed by atoms with Crippen LogP contribution in [0.3, 0.4) is 0 Å². The minimum atomic E-state index is -0.339. The molecule has 1 N–H and O–H groups in total. The standard InChI is InChI=1S/C30H33NO5/c1-3-31(4-2)17-11-12-18-34-29-27(35-21-22-13-7-5-8-14-22)20-25(33)28-24(32)19-26(36-30(28)29)23-15-9-6-10-16-23/h5-10,13-16,19-20,33H,3-4,11-12,17-18,21H2,1-2H3. The number of hydrogen-bond donors (Lipinski definition) is 1. The molecule has 0 amide bonds. The third-order valence-corrected chi connectivity index (χ3v) is 6.21. The van der Waals surface area contributed by atoms with Crippen LogP contribution in [0, 0.1) is 0 Å². The van der Waals surface area contributed by atoms with E-state index in [1.165, 1.54) is 12.1 Å². The topological polar surface area (TPSA) is 72.1 Å². The molecule has 0 bridgehead atoms. The van der Waals surface area contributed by atoms with E-state index in [-0.39, 0.29) is 28.8 Å².